The minimum absolute atomic E-state index is 0.326. The molecule has 4 nitrogen and oxygen atoms in total. The maximum atomic E-state index is 11.2. The van der Waals surface area contributed by atoms with E-state index in [2.05, 4.69) is 28.9 Å². The van der Waals surface area contributed by atoms with Crippen molar-refractivity contribution in [1.82, 2.24) is 10.3 Å². The van der Waals surface area contributed by atoms with Crippen LogP contribution in [-0.4, -0.2) is 24.1 Å². The Balaban J connectivity index is 2.43. The average molecular weight is 224 g/mol. The molecule has 0 saturated heterocycles. The maximum absolute atomic E-state index is 11.2. The topological polar surface area (TPSA) is 54.1 Å². The first kappa shape index (κ1) is 12.8. The summed E-state index contributed by atoms with van der Waals surface area (Å²) in [5.74, 6) is -0.326. The highest BCUT2D eigenvalue weighted by Gasteiger charge is 2.08. The van der Waals surface area contributed by atoms with Crippen molar-refractivity contribution in [2.24, 2.45) is 0 Å². The summed E-state index contributed by atoms with van der Waals surface area (Å²) in [6.45, 7) is 5.11. The number of hydrogen-bond acceptors (Lipinski definition) is 3. The van der Waals surface area contributed by atoms with Crippen LogP contribution in [0.3, 0.4) is 0 Å². The van der Waals surface area contributed by atoms with Gasteiger partial charge in [0.25, 0.3) is 0 Å². The molecule has 0 bridgehead atoms. The van der Waals surface area contributed by atoms with Crippen LogP contribution in [-0.2, 0) is 11.3 Å². The van der Waals surface area contributed by atoms with E-state index in [0.29, 0.717) is 11.7 Å². The van der Waals surface area contributed by atoms with E-state index < -0.39 is 0 Å². The number of H-pyrrole nitrogens is 1. The quantitative estimate of drug-likeness (QED) is 0.727. The highest BCUT2D eigenvalue weighted by molar-refractivity contribution is 5.87. The molecule has 0 aliphatic carbocycles. The molecule has 1 aromatic rings. The van der Waals surface area contributed by atoms with Gasteiger partial charge < -0.3 is 15.0 Å². The van der Waals surface area contributed by atoms with Crippen LogP contribution in [0.15, 0.2) is 12.3 Å². The largest absolute Gasteiger partial charge is 0.464 e. The molecule has 1 heterocycles. The van der Waals surface area contributed by atoms with Gasteiger partial charge >= 0.3 is 5.97 Å². The molecule has 1 unspecified atom stereocenters. The van der Waals surface area contributed by atoms with Crippen LogP contribution in [0.1, 0.15) is 42.7 Å². The Morgan fingerprint density at radius 3 is 3.00 bits per heavy atom. The Morgan fingerprint density at radius 2 is 2.38 bits per heavy atom. The Morgan fingerprint density at radius 1 is 1.62 bits per heavy atom. The molecule has 0 aromatic carbocycles. The summed E-state index contributed by atoms with van der Waals surface area (Å²) in [6.07, 6.45) is 4.17. The van der Waals surface area contributed by atoms with Gasteiger partial charge in [0.15, 0.2) is 0 Å². The minimum atomic E-state index is -0.326. The van der Waals surface area contributed by atoms with Crippen molar-refractivity contribution in [3.05, 3.63) is 23.5 Å². The summed E-state index contributed by atoms with van der Waals surface area (Å²) in [4.78, 5) is 14.1. The molecule has 0 fully saturated rings. The summed E-state index contributed by atoms with van der Waals surface area (Å²) >= 11 is 0. The number of aromatic amines is 1. The molecule has 0 aliphatic rings. The zero-order valence-corrected chi connectivity index (χ0v) is 10.2. The number of methoxy groups -OCH3 is 1. The van der Waals surface area contributed by atoms with Gasteiger partial charge in [-0.25, -0.2) is 4.79 Å². The summed E-state index contributed by atoms with van der Waals surface area (Å²) < 4.78 is 4.62. The van der Waals surface area contributed by atoms with Gasteiger partial charge in [0.05, 0.1) is 7.11 Å². The molecule has 0 radical (unpaired) electrons. The lowest BCUT2D eigenvalue weighted by Crippen LogP contribution is -2.24. The van der Waals surface area contributed by atoms with Gasteiger partial charge in [-0.3, -0.25) is 0 Å². The number of aromatic nitrogens is 1. The fraction of sp³-hybridized carbons (Fsp3) is 0.583. The predicted octanol–water partition coefficient (Wildman–Crippen LogP) is 2.08. The van der Waals surface area contributed by atoms with E-state index >= 15 is 0 Å². The maximum Gasteiger partial charge on any atom is 0.354 e. The van der Waals surface area contributed by atoms with Gasteiger partial charge in [-0.05, 0) is 25.0 Å². The predicted molar refractivity (Wildman–Crippen MR) is 63.3 cm³/mol. The SMILES string of the molecule is CCCC(C)NCc1c[nH]c(C(=O)OC)c1. The Labute approximate surface area is 96.4 Å². The number of carbonyl (C=O) groups excluding carboxylic acids is 1. The molecule has 1 atom stereocenters. The number of esters is 1. The van der Waals surface area contributed by atoms with Crippen molar-refractivity contribution in [3.63, 3.8) is 0 Å². The highest BCUT2D eigenvalue weighted by atomic mass is 16.5. The standard InChI is InChI=1S/C12H20N2O2/c1-4-5-9(2)13-7-10-6-11(14-8-10)12(15)16-3/h6,8-9,13-14H,4-5,7H2,1-3H3. The van der Waals surface area contributed by atoms with Crippen LogP contribution in [0.2, 0.25) is 0 Å². The monoisotopic (exact) mass is 224 g/mol. The summed E-state index contributed by atoms with van der Waals surface area (Å²) in [5, 5.41) is 3.40. The fourth-order valence-corrected chi connectivity index (χ4v) is 1.60. The molecule has 0 amide bonds. The van der Waals surface area contributed by atoms with Gasteiger partial charge in [-0.2, -0.15) is 0 Å². The lowest BCUT2D eigenvalue weighted by atomic mass is 10.2. The van der Waals surface area contributed by atoms with Crippen molar-refractivity contribution >= 4 is 5.97 Å². The van der Waals surface area contributed by atoms with Gasteiger partial charge in [0.1, 0.15) is 5.69 Å². The molecule has 90 valence electrons. The zero-order valence-electron chi connectivity index (χ0n) is 10.2. The first-order chi connectivity index (χ1) is 7.67. The molecule has 0 aliphatic heterocycles. The van der Waals surface area contributed by atoms with E-state index in [1.54, 1.807) is 0 Å². The second-order valence-electron chi connectivity index (χ2n) is 3.98. The lowest BCUT2D eigenvalue weighted by molar-refractivity contribution is 0.0595. The first-order valence-corrected chi connectivity index (χ1v) is 5.66. The highest BCUT2D eigenvalue weighted by Crippen LogP contribution is 2.05. The minimum Gasteiger partial charge on any atom is -0.464 e. The number of ether oxygens (including phenoxy) is 1. The van der Waals surface area contributed by atoms with Crippen LogP contribution in [0, 0.1) is 0 Å². The first-order valence-electron chi connectivity index (χ1n) is 5.66. The van der Waals surface area contributed by atoms with E-state index in [1.165, 1.54) is 13.5 Å². The lowest BCUT2D eigenvalue weighted by Gasteiger charge is -2.11. The Hall–Kier alpha value is -1.29. The second kappa shape index (κ2) is 6.33. The third kappa shape index (κ3) is 3.70. The van der Waals surface area contributed by atoms with Crippen molar-refractivity contribution in [2.45, 2.75) is 39.3 Å². The Kier molecular flexibility index (Phi) is 5.05. The van der Waals surface area contributed by atoms with Gasteiger partial charge in [-0.15, -0.1) is 0 Å². The normalized spacial score (nSPS) is 12.4. The molecule has 2 N–H and O–H groups in total. The molecular weight excluding hydrogens is 204 g/mol. The van der Waals surface area contributed by atoms with Crippen LogP contribution in [0.25, 0.3) is 0 Å². The van der Waals surface area contributed by atoms with Crippen molar-refractivity contribution in [3.8, 4) is 0 Å². The van der Waals surface area contributed by atoms with Gasteiger partial charge in [-0.1, -0.05) is 13.3 Å². The van der Waals surface area contributed by atoms with E-state index in [0.717, 1.165) is 18.5 Å². The summed E-state index contributed by atoms with van der Waals surface area (Å²) in [6, 6.07) is 2.32. The second-order valence-corrected chi connectivity index (χ2v) is 3.98. The molecule has 4 heteroatoms. The molecular formula is C12H20N2O2. The number of nitrogens with one attached hydrogen (secondary N) is 2. The molecule has 0 spiro atoms. The zero-order chi connectivity index (χ0) is 12.0. The van der Waals surface area contributed by atoms with E-state index in [9.17, 15) is 4.79 Å². The van der Waals surface area contributed by atoms with Crippen molar-refractivity contribution < 1.29 is 9.53 Å². The van der Waals surface area contributed by atoms with Crippen molar-refractivity contribution in [1.29, 1.82) is 0 Å². The average Bonchev–Trinajstić information content (AvgIpc) is 2.74. The van der Waals surface area contributed by atoms with Crippen molar-refractivity contribution in [2.75, 3.05) is 7.11 Å². The van der Waals surface area contributed by atoms with Crippen LogP contribution in [0.4, 0.5) is 0 Å². The van der Waals surface area contributed by atoms with Crippen LogP contribution < -0.4 is 5.32 Å². The summed E-state index contributed by atoms with van der Waals surface area (Å²) in [5.41, 5.74) is 1.57. The molecule has 1 rings (SSSR count). The third-order valence-electron chi connectivity index (χ3n) is 2.52. The van der Waals surface area contributed by atoms with E-state index in [4.69, 9.17) is 0 Å². The smallest absolute Gasteiger partial charge is 0.354 e. The van der Waals surface area contributed by atoms with Crippen LogP contribution >= 0.6 is 0 Å². The Bertz CT molecular complexity index is 334. The van der Waals surface area contributed by atoms with Gasteiger partial charge in [0, 0.05) is 18.8 Å². The number of carbonyl (C=O) groups is 1. The number of rotatable bonds is 6. The fourth-order valence-electron chi connectivity index (χ4n) is 1.60. The molecule has 1 aromatic heterocycles. The number of hydrogen-bond donors (Lipinski definition) is 2. The third-order valence-corrected chi connectivity index (χ3v) is 2.52. The van der Waals surface area contributed by atoms with E-state index in [-0.39, 0.29) is 5.97 Å². The molecule has 0 saturated carbocycles. The van der Waals surface area contributed by atoms with Gasteiger partial charge in [0.2, 0.25) is 0 Å². The van der Waals surface area contributed by atoms with Crippen LogP contribution in [0.5, 0.6) is 0 Å². The summed E-state index contributed by atoms with van der Waals surface area (Å²) in [7, 11) is 1.38. The molecule has 16 heavy (non-hydrogen) atoms. The van der Waals surface area contributed by atoms with E-state index in [1.807, 2.05) is 12.3 Å².